The summed E-state index contributed by atoms with van der Waals surface area (Å²) in [6, 6.07) is 12.7. The van der Waals surface area contributed by atoms with Crippen molar-refractivity contribution in [1.82, 2.24) is 4.98 Å². The van der Waals surface area contributed by atoms with Gasteiger partial charge in [0.15, 0.2) is 10.9 Å². The van der Waals surface area contributed by atoms with Crippen LogP contribution < -0.4 is 10.1 Å². The second-order valence-corrected chi connectivity index (χ2v) is 7.25. The zero-order chi connectivity index (χ0) is 17.8. The molecular weight excluding hydrogens is 404 g/mol. The number of thiazole rings is 1. The molecule has 0 atom stereocenters. The van der Waals surface area contributed by atoms with E-state index in [1.54, 1.807) is 19.2 Å². The largest absolute Gasteiger partial charge is 0.494 e. The van der Waals surface area contributed by atoms with Gasteiger partial charge in [-0.25, -0.2) is 4.98 Å². The number of para-hydroxylation sites is 1. The molecule has 3 aromatic rings. The van der Waals surface area contributed by atoms with Crippen molar-refractivity contribution in [3.8, 4) is 5.75 Å². The Kier molecular flexibility index (Phi) is 5.45. The van der Waals surface area contributed by atoms with E-state index in [0.717, 1.165) is 14.7 Å². The number of ketones is 1. The number of hydrogen-bond acceptors (Lipinski definition) is 5. The molecule has 7 heteroatoms. The summed E-state index contributed by atoms with van der Waals surface area (Å²) in [5.74, 6) is 0.372. The SMILES string of the molecule is COc1cccc2sc(NC(=O)CCC(=O)c3ccc(Br)cc3)nc12. The fourth-order valence-electron chi connectivity index (χ4n) is 2.33. The topological polar surface area (TPSA) is 68.3 Å². The number of methoxy groups -OCH3 is 1. The van der Waals surface area contributed by atoms with Crippen molar-refractivity contribution in [2.24, 2.45) is 0 Å². The highest BCUT2D eigenvalue weighted by Gasteiger charge is 2.13. The van der Waals surface area contributed by atoms with Crippen LogP contribution in [0.2, 0.25) is 0 Å². The molecule has 0 unspecified atom stereocenters. The van der Waals surface area contributed by atoms with Gasteiger partial charge in [-0.3, -0.25) is 9.59 Å². The minimum atomic E-state index is -0.233. The lowest BCUT2D eigenvalue weighted by Crippen LogP contribution is -2.13. The number of rotatable bonds is 6. The summed E-state index contributed by atoms with van der Waals surface area (Å²) in [4.78, 5) is 28.6. The van der Waals surface area contributed by atoms with Crippen LogP contribution in [0, 0.1) is 0 Å². The molecule has 0 spiro atoms. The summed E-state index contributed by atoms with van der Waals surface area (Å²) in [5.41, 5.74) is 1.32. The molecule has 0 bridgehead atoms. The molecule has 1 aromatic heterocycles. The average Bonchev–Trinajstić information content (AvgIpc) is 3.02. The van der Waals surface area contributed by atoms with Gasteiger partial charge in [0.1, 0.15) is 11.3 Å². The van der Waals surface area contributed by atoms with E-state index < -0.39 is 0 Å². The second kappa shape index (κ2) is 7.76. The fourth-order valence-corrected chi connectivity index (χ4v) is 3.49. The van der Waals surface area contributed by atoms with Gasteiger partial charge in [-0.2, -0.15) is 0 Å². The number of carbonyl (C=O) groups excluding carboxylic acids is 2. The van der Waals surface area contributed by atoms with E-state index in [1.165, 1.54) is 11.3 Å². The minimum absolute atomic E-state index is 0.0615. The Morgan fingerprint density at radius 3 is 2.64 bits per heavy atom. The number of nitrogens with one attached hydrogen (secondary N) is 1. The van der Waals surface area contributed by atoms with E-state index in [0.29, 0.717) is 16.4 Å². The van der Waals surface area contributed by atoms with Gasteiger partial charge in [-0.1, -0.05) is 45.5 Å². The molecule has 2 aromatic carbocycles. The molecule has 0 aliphatic heterocycles. The summed E-state index contributed by atoms with van der Waals surface area (Å²) < 4.78 is 7.11. The Labute approximate surface area is 157 Å². The Balaban J connectivity index is 1.61. The van der Waals surface area contributed by atoms with Gasteiger partial charge >= 0.3 is 0 Å². The number of fused-ring (bicyclic) bond motifs is 1. The van der Waals surface area contributed by atoms with Crippen LogP contribution in [0.3, 0.4) is 0 Å². The molecule has 0 saturated carbocycles. The van der Waals surface area contributed by atoms with Crippen LogP contribution in [-0.4, -0.2) is 23.8 Å². The van der Waals surface area contributed by atoms with Crippen LogP contribution in [0.25, 0.3) is 10.2 Å². The summed E-state index contributed by atoms with van der Waals surface area (Å²) in [6.07, 6.45) is 0.267. The van der Waals surface area contributed by atoms with E-state index in [4.69, 9.17) is 4.74 Å². The van der Waals surface area contributed by atoms with Crippen molar-refractivity contribution in [2.45, 2.75) is 12.8 Å². The molecule has 0 radical (unpaired) electrons. The van der Waals surface area contributed by atoms with Crippen LogP contribution >= 0.6 is 27.3 Å². The molecule has 5 nitrogen and oxygen atoms in total. The van der Waals surface area contributed by atoms with Crippen LogP contribution in [-0.2, 0) is 4.79 Å². The zero-order valence-corrected chi connectivity index (χ0v) is 15.8. The third kappa shape index (κ3) is 4.24. The molecule has 0 fully saturated rings. The smallest absolute Gasteiger partial charge is 0.226 e. The van der Waals surface area contributed by atoms with Gasteiger partial charge in [0.05, 0.1) is 11.8 Å². The van der Waals surface area contributed by atoms with Crippen LogP contribution in [0.4, 0.5) is 5.13 Å². The Morgan fingerprint density at radius 2 is 1.92 bits per heavy atom. The normalized spacial score (nSPS) is 10.6. The summed E-state index contributed by atoms with van der Waals surface area (Å²) in [6.45, 7) is 0. The lowest BCUT2D eigenvalue weighted by molar-refractivity contribution is -0.116. The predicted molar refractivity (Wildman–Crippen MR) is 103 cm³/mol. The first-order valence-corrected chi connectivity index (χ1v) is 9.20. The number of anilines is 1. The highest BCUT2D eigenvalue weighted by Crippen LogP contribution is 2.32. The Bertz CT molecular complexity index is 922. The fraction of sp³-hybridized carbons (Fsp3) is 0.167. The lowest BCUT2D eigenvalue weighted by Gasteiger charge is -2.02. The third-order valence-corrected chi connectivity index (χ3v) is 5.06. The van der Waals surface area contributed by atoms with Gasteiger partial charge in [-0.05, 0) is 24.3 Å². The number of hydrogen-bond donors (Lipinski definition) is 1. The number of aromatic nitrogens is 1. The van der Waals surface area contributed by atoms with Crippen molar-refractivity contribution in [3.05, 3.63) is 52.5 Å². The monoisotopic (exact) mass is 418 g/mol. The quantitative estimate of drug-likeness (QED) is 0.590. The zero-order valence-electron chi connectivity index (χ0n) is 13.4. The van der Waals surface area contributed by atoms with Gasteiger partial charge in [0, 0.05) is 22.9 Å². The molecule has 0 saturated heterocycles. The number of Topliss-reactive ketones (excluding diaryl/α,β-unsaturated/α-hetero) is 1. The molecule has 1 heterocycles. The van der Waals surface area contributed by atoms with E-state index in [9.17, 15) is 9.59 Å². The second-order valence-electron chi connectivity index (χ2n) is 5.30. The van der Waals surface area contributed by atoms with Crippen molar-refractivity contribution in [3.63, 3.8) is 0 Å². The highest BCUT2D eigenvalue weighted by atomic mass is 79.9. The van der Waals surface area contributed by atoms with E-state index >= 15 is 0 Å². The average molecular weight is 419 g/mol. The number of ether oxygens (including phenoxy) is 1. The maximum atomic E-state index is 12.1. The van der Waals surface area contributed by atoms with Crippen molar-refractivity contribution < 1.29 is 14.3 Å². The minimum Gasteiger partial charge on any atom is -0.494 e. The molecule has 0 aliphatic carbocycles. The highest BCUT2D eigenvalue weighted by molar-refractivity contribution is 9.10. The lowest BCUT2D eigenvalue weighted by atomic mass is 10.1. The first kappa shape index (κ1) is 17.6. The van der Waals surface area contributed by atoms with Crippen LogP contribution in [0.5, 0.6) is 5.75 Å². The number of benzene rings is 2. The number of carbonyl (C=O) groups is 2. The maximum Gasteiger partial charge on any atom is 0.226 e. The van der Waals surface area contributed by atoms with Gasteiger partial charge in [0.25, 0.3) is 0 Å². The van der Waals surface area contributed by atoms with Crippen LogP contribution in [0.1, 0.15) is 23.2 Å². The molecular formula is C18H15BrN2O3S. The maximum absolute atomic E-state index is 12.1. The van der Waals surface area contributed by atoms with E-state index in [1.807, 2.05) is 30.3 Å². The third-order valence-electron chi connectivity index (χ3n) is 3.59. The Hall–Kier alpha value is -2.25. The first-order chi connectivity index (χ1) is 12.1. The molecule has 0 aliphatic rings. The standard InChI is InChI=1S/C18H15BrN2O3S/c1-24-14-3-2-4-15-17(14)21-18(25-15)20-16(23)10-9-13(22)11-5-7-12(19)8-6-11/h2-8H,9-10H2,1H3,(H,20,21,23). The molecule has 1 amide bonds. The Morgan fingerprint density at radius 1 is 1.16 bits per heavy atom. The van der Waals surface area contributed by atoms with Crippen molar-refractivity contribution in [1.29, 1.82) is 0 Å². The van der Waals surface area contributed by atoms with Crippen LogP contribution in [0.15, 0.2) is 46.9 Å². The van der Waals surface area contributed by atoms with Gasteiger partial charge < -0.3 is 10.1 Å². The predicted octanol–water partition coefficient (Wildman–Crippen LogP) is 4.67. The summed E-state index contributed by atoms with van der Waals surface area (Å²) >= 11 is 4.70. The van der Waals surface area contributed by atoms with Crippen molar-refractivity contribution in [2.75, 3.05) is 12.4 Å². The van der Waals surface area contributed by atoms with Gasteiger partial charge in [0.2, 0.25) is 5.91 Å². The summed E-state index contributed by atoms with van der Waals surface area (Å²) in [5, 5.41) is 3.25. The summed E-state index contributed by atoms with van der Waals surface area (Å²) in [7, 11) is 1.58. The van der Waals surface area contributed by atoms with Crippen molar-refractivity contribution >= 4 is 54.3 Å². The molecule has 1 N–H and O–H groups in total. The molecule has 128 valence electrons. The number of nitrogens with zero attached hydrogens (tertiary/aromatic N) is 1. The van der Waals surface area contributed by atoms with E-state index in [-0.39, 0.29) is 24.5 Å². The molecule has 25 heavy (non-hydrogen) atoms. The number of halogens is 1. The molecule has 3 rings (SSSR count). The van der Waals surface area contributed by atoms with Gasteiger partial charge in [-0.15, -0.1) is 0 Å². The van der Waals surface area contributed by atoms with E-state index in [2.05, 4.69) is 26.2 Å². The number of amides is 1. The first-order valence-electron chi connectivity index (χ1n) is 7.59.